The van der Waals surface area contributed by atoms with E-state index in [2.05, 4.69) is 0 Å². The van der Waals surface area contributed by atoms with E-state index in [9.17, 15) is 26.8 Å². The standard InChI is InChI=1S/C20H19F2NO5S/c21-16-3-1-14(2-4-16)19(24)13-28-20(25)15-9-11-23(12-10-15)29(26,27)18-7-5-17(22)6-8-18/h1-8,15H,9-13H2. The number of rotatable bonds is 6. The lowest BCUT2D eigenvalue weighted by Crippen LogP contribution is -2.40. The zero-order valence-corrected chi connectivity index (χ0v) is 16.2. The van der Waals surface area contributed by atoms with Crippen LogP contribution in [0.1, 0.15) is 23.2 Å². The molecule has 2 aromatic carbocycles. The van der Waals surface area contributed by atoms with Crippen molar-refractivity contribution in [3.63, 3.8) is 0 Å². The molecule has 6 nitrogen and oxygen atoms in total. The van der Waals surface area contributed by atoms with Gasteiger partial charge in [-0.2, -0.15) is 4.31 Å². The average Bonchev–Trinajstić information content (AvgIpc) is 2.72. The lowest BCUT2D eigenvalue weighted by atomic mass is 9.98. The summed E-state index contributed by atoms with van der Waals surface area (Å²) in [6.45, 7) is -0.227. The lowest BCUT2D eigenvalue weighted by molar-refractivity contribution is -0.148. The van der Waals surface area contributed by atoms with Crippen molar-refractivity contribution in [3.8, 4) is 0 Å². The Morgan fingerprint density at radius 3 is 2.00 bits per heavy atom. The molecule has 0 saturated carbocycles. The third kappa shape index (κ3) is 5.04. The molecule has 1 saturated heterocycles. The number of hydrogen-bond donors (Lipinski definition) is 0. The molecule has 1 fully saturated rings. The smallest absolute Gasteiger partial charge is 0.309 e. The number of ether oxygens (including phenoxy) is 1. The molecule has 1 aliphatic rings. The SMILES string of the molecule is O=C(COC(=O)C1CCN(S(=O)(=O)c2ccc(F)cc2)CC1)c1ccc(F)cc1. The van der Waals surface area contributed by atoms with Crippen LogP contribution in [-0.4, -0.2) is 44.2 Å². The minimum absolute atomic E-state index is 0.00942. The Hall–Kier alpha value is -2.65. The van der Waals surface area contributed by atoms with Gasteiger partial charge in [0, 0.05) is 18.7 Å². The summed E-state index contributed by atoms with van der Waals surface area (Å²) in [6.07, 6.45) is 0.508. The fraction of sp³-hybridized carbons (Fsp3) is 0.300. The molecule has 0 amide bonds. The van der Waals surface area contributed by atoms with Gasteiger partial charge in [0.15, 0.2) is 12.4 Å². The third-order valence-electron chi connectivity index (χ3n) is 4.75. The van der Waals surface area contributed by atoms with Gasteiger partial charge in [-0.3, -0.25) is 9.59 Å². The number of piperidine rings is 1. The third-order valence-corrected chi connectivity index (χ3v) is 6.66. The van der Waals surface area contributed by atoms with Gasteiger partial charge < -0.3 is 4.74 Å². The van der Waals surface area contributed by atoms with E-state index in [0.29, 0.717) is 0 Å². The van der Waals surface area contributed by atoms with Gasteiger partial charge in [-0.25, -0.2) is 17.2 Å². The van der Waals surface area contributed by atoms with E-state index >= 15 is 0 Å². The summed E-state index contributed by atoms with van der Waals surface area (Å²) in [4.78, 5) is 24.2. The summed E-state index contributed by atoms with van der Waals surface area (Å²) in [5.41, 5.74) is 0.236. The maximum absolute atomic E-state index is 13.0. The van der Waals surface area contributed by atoms with Gasteiger partial charge in [-0.1, -0.05) is 0 Å². The van der Waals surface area contributed by atoms with Crippen LogP contribution in [0.2, 0.25) is 0 Å². The van der Waals surface area contributed by atoms with E-state index in [1.807, 2.05) is 0 Å². The van der Waals surface area contributed by atoms with E-state index in [1.165, 1.54) is 28.6 Å². The van der Waals surface area contributed by atoms with Gasteiger partial charge in [0.2, 0.25) is 10.0 Å². The summed E-state index contributed by atoms with van der Waals surface area (Å²) < 4.78 is 57.4. The molecule has 0 aliphatic carbocycles. The van der Waals surface area contributed by atoms with E-state index in [0.717, 1.165) is 24.3 Å². The second-order valence-electron chi connectivity index (χ2n) is 6.67. The number of hydrogen-bond acceptors (Lipinski definition) is 5. The molecule has 0 bridgehead atoms. The Kier molecular flexibility index (Phi) is 6.39. The highest BCUT2D eigenvalue weighted by molar-refractivity contribution is 7.89. The maximum atomic E-state index is 13.0. The Balaban J connectivity index is 1.52. The highest BCUT2D eigenvalue weighted by atomic mass is 32.2. The number of carbonyl (C=O) groups excluding carboxylic acids is 2. The minimum Gasteiger partial charge on any atom is -0.457 e. The first kappa shape index (κ1) is 21.1. The highest BCUT2D eigenvalue weighted by Gasteiger charge is 2.33. The van der Waals surface area contributed by atoms with Gasteiger partial charge in [-0.15, -0.1) is 0 Å². The number of carbonyl (C=O) groups is 2. The fourth-order valence-electron chi connectivity index (χ4n) is 3.06. The Morgan fingerprint density at radius 1 is 0.931 bits per heavy atom. The Morgan fingerprint density at radius 2 is 1.45 bits per heavy atom. The van der Waals surface area contributed by atoms with Crippen LogP contribution in [0, 0.1) is 17.6 Å². The van der Waals surface area contributed by atoms with E-state index < -0.39 is 45.9 Å². The first-order valence-electron chi connectivity index (χ1n) is 8.98. The van der Waals surface area contributed by atoms with Gasteiger partial charge in [0.25, 0.3) is 0 Å². The molecule has 0 radical (unpaired) electrons. The fourth-order valence-corrected chi connectivity index (χ4v) is 4.53. The van der Waals surface area contributed by atoms with Crippen LogP contribution in [0.25, 0.3) is 0 Å². The van der Waals surface area contributed by atoms with Crippen LogP contribution in [0.5, 0.6) is 0 Å². The summed E-state index contributed by atoms with van der Waals surface area (Å²) in [6, 6.07) is 9.47. The molecule has 1 heterocycles. The Bertz CT molecular complexity index is 983. The topological polar surface area (TPSA) is 80.8 Å². The van der Waals surface area contributed by atoms with Crippen molar-refractivity contribution in [1.29, 1.82) is 0 Å². The number of halogens is 2. The summed E-state index contributed by atoms with van der Waals surface area (Å²) in [7, 11) is -3.76. The number of nitrogens with zero attached hydrogens (tertiary/aromatic N) is 1. The highest BCUT2D eigenvalue weighted by Crippen LogP contribution is 2.25. The number of sulfonamides is 1. The quantitative estimate of drug-likeness (QED) is 0.527. The molecular weight excluding hydrogens is 404 g/mol. The zero-order valence-electron chi connectivity index (χ0n) is 15.4. The van der Waals surface area contributed by atoms with Crippen LogP contribution in [0.4, 0.5) is 8.78 Å². The maximum Gasteiger partial charge on any atom is 0.309 e. The van der Waals surface area contributed by atoms with Gasteiger partial charge in [0.05, 0.1) is 10.8 Å². The molecule has 0 atom stereocenters. The van der Waals surface area contributed by atoms with Crippen molar-refractivity contribution < 1.29 is 31.5 Å². The molecule has 2 aromatic rings. The van der Waals surface area contributed by atoms with Crippen molar-refractivity contribution in [2.75, 3.05) is 19.7 Å². The molecule has 0 aromatic heterocycles. The molecule has 0 N–H and O–H groups in total. The molecule has 9 heteroatoms. The molecular formula is C20H19F2NO5S. The largest absolute Gasteiger partial charge is 0.457 e. The number of esters is 1. The van der Waals surface area contributed by atoms with Crippen LogP contribution >= 0.6 is 0 Å². The first-order chi connectivity index (χ1) is 13.8. The zero-order chi connectivity index (χ0) is 21.0. The molecule has 29 heavy (non-hydrogen) atoms. The van der Waals surface area contributed by atoms with Gasteiger partial charge in [-0.05, 0) is 61.4 Å². The first-order valence-corrected chi connectivity index (χ1v) is 10.4. The number of Topliss-reactive ketones (excluding diaryl/α,β-unsaturated/α-hetero) is 1. The molecule has 1 aliphatic heterocycles. The van der Waals surface area contributed by atoms with Crippen LogP contribution < -0.4 is 0 Å². The second kappa shape index (κ2) is 8.79. The Labute approximate surface area is 167 Å². The van der Waals surface area contributed by atoms with Crippen molar-refractivity contribution in [1.82, 2.24) is 4.31 Å². The van der Waals surface area contributed by atoms with Gasteiger partial charge >= 0.3 is 5.97 Å². The van der Waals surface area contributed by atoms with Crippen LogP contribution in [0.15, 0.2) is 53.4 Å². The predicted molar refractivity (Wildman–Crippen MR) is 99.6 cm³/mol. The van der Waals surface area contributed by atoms with E-state index in [1.54, 1.807) is 0 Å². The number of ketones is 1. The minimum atomic E-state index is -3.76. The molecule has 154 valence electrons. The van der Waals surface area contributed by atoms with Crippen molar-refractivity contribution >= 4 is 21.8 Å². The summed E-state index contributed by atoms with van der Waals surface area (Å²) >= 11 is 0. The lowest BCUT2D eigenvalue weighted by Gasteiger charge is -2.30. The van der Waals surface area contributed by atoms with Crippen molar-refractivity contribution in [2.45, 2.75) is 17.7 Å². The molecule has 0 unspecified atom stereocenters. The van der Waals surface area contributed by atoms with E-state index in [4.69, 9.17) is 4.74 Å². The van der Waals surface area contributed by atoms with Crippen molar-refractivity contribution in [2.24, 2.45) is 5.92 Å². The monoisotopic (exact) mass is 423 g/mol. The van der Waals surface area contributed by atoms with Gasteiger partial charge in [0.1, 0.15) is 11.6 Å². The van der Waals surface area contributed by atoms with Crippen LogP contribution in [0.3, 0.4) is 0 Å². The molecule has 3 rings (SSSR count). The predicted octanol–water partition coefficient (Wildman–Crippen LogP) is 2.79. The van der Waals surface area contributed by atoms with E-state index in [-0.39, 0.29) is 36.4 Å². The second-order valence-corrected chi connectivity index (χ2v) is 8.61. The molecule has 0 spiro atoms. The summed E-state index contributed by atoms with van der Waals surface area (Å²) in [5.74, 6) is -2.54. The van der Waals surface area contributed by atoms with Crippen molar-refractivity contribution in [3.05, 3.63) is 65.7 Å². The van der Waals surface area contributed by atoms with Crippen LogP contribution in [-0.2, 0) is 19.6 Å². The number of benzene rings is 2. The normalized spacial score (nSPS) is 15.8. The summed E-state index contributed by atoms with van der Waals surface area (Å²) in [5, 5.41) is 0. The average molecular weight is 423 g/mol.